The van der Waals surface area contributed by atoms with E-state index >= 15 is 0 Å². The van der Waals surface area contributed by atoms with Crippen molar-refractivity contribution in [3.63, 3.8) is 0 Å². The van der Waals surface area contributed by atoms with E-state index in [-0.39, 0.29) is 11.8 Å². The van der Waals surface area contributed by atoms with Gasteiger partial charge < -0.3 is 15.7 Å². The number of nitrogens with two attached hydrogens (primary N) is 1. The molecule has 0 aromatic carbocycles. The Bertz CT molecular complexity index is 453. The Hall–Kier alpha value is -1.63. The van der Waals surface area contributed by atoms with E-state index in [1.807, 2.05) is 0 Å². The summed E-state index contributed by atoms with van der Waals surface area (Å²) in [7, 11) is 0. The van der Waals surface area contributed by atoms with Crippen molar-refractivity contribution < 1.29 is 14.7 Å². The normalized spacial score (nSPS) is 17.6. The van der Waals surface area contributed by atoms with E-state index in [1.54, 1.807) is 17.2 Å². The number of aliphatic carboxylic acids is 1. The lowest BCUT2D eigenvalue weighted by molar-refractivity contribution is -0.144. The van der Waals surface area contributed by atoms with Gasteiger partial charge in [-0.3, -0.25) is 9.59 Å². The Balaban J connectivity index is 1.92. The Morgan fingerprint density at radius 3 is 2.76 bits per heavy atom. The number of hydrogen-bond donors (Lipinski definition) is 2. The van der Waals surface area contributed by atoms with Crippen molar-refractivity contribution in [1.29, 1.82) is 0 Å². The van der Waals surface area contributed by atoms with Crippen molar-refractivity contribution in [2.75, 3.05) is 18.8 Å². The topological polar surface area (TPSA) is 96.5 Å². The smallest absolute Gasteiger partial charge is 0.306 e. The number of amides is 1. The van der Waals surface area contributed by atoms with E-state index < -0.39 is 11.9 Å². The molecule has 0 radical (unpaired) electrons. The lowest BCUT2D eigenvalue weighted by atomic mass is 9.87. The van der Waals surface area contributed by atoms with Gasteiger partial charge in [-0.1, -0.05) is 6.92 Å². The van der Waals surface area contributed by atoms with E-state index in [1.165, 1.54) is 11.3 Å². The zero-order valence-electron chi connectivity index (χ0n) is 9.29. The van der Waals surface area contributed by atoms with Gasteiger partial charge >= 0.3 is 5.97 Å². The van der Waals surface area contributed by atoms with Gasteiger partial charge in [0.2, 0.25) is 0 Å². The number of thiazole rings is 1. The fourth-order valence-electron chi connectivity index (χ4n) is 1.74. The van der Waals surface area contributed by atoms with Crippen LogP contribution in [0.25, 0.3) is 0 Å². The molecule has 1 aromatic rings. The van der Waals surface area contributed by atoms with Crippen molar-refractivity contribution >= 4 is 28.3 Å². The molecule has 17 heavy (non-hydrogen) atoms. The number of aromatic nitrogens is 1. The number of anilines is 1. The molecule has 92 valence electrons. The first-order valence-electron chi connectivity index (χ1n) is 5.22. The zero-order valence-corrected chi connectivity index (χ0v) is 10.1. The molecule has 1 atom stereocenters. The maximum atomic E-state index is 11.8. The predicted octanol–water partition coefficient (Wildman–Crippen LogP) is 0.518. The number of carboxylic acid groups (broad SMARTS) is 1. The van der Waals surface area contributed by atoms with Crippen LogP contribution in [-0.4, -0.2) is 40.0 Å². The van der Waals surface area contributed by atoms with Crippen LogP contribution in [0.3, 0.4) is 0 Å². The molecule has 2 rings (SSSR count). The summed E-state index contributed by atoms with van der Waals surface area (Å²) in [6.07, 6.45) is 0. The first-order chi connectivity index (χ1) is 7.99. The summed E-state index contributed by atoms with van der Waals surface area (Å²) in [4.78, 5) is 28.1. The van der Waals surface area contributed by atoms with Crippen LogP contribution in [0.2, 0.25) is 0 Å². The van der Waals surface area contributed by atoms with Gasteiger partial charge in [0.25, 0.3) is 5.91 Å². The molecule has 0 spiro atoms. The molecule has 1 amide bonds. The molecule has 1 unspecified atom stereocenters. The molecule has 1 aromatic heterocycles. The molecule has 0 saturated carbocycles. The van der Waals surface area contributed by atoms with Gasteiger partial charge in [0.05, 0.1) is 5.92 Å². The number of rotatable bonds is 3. The zero-order chi connectivity index (χ0) is 12.6. The van der Waals surface area contributed by atoms with Crippen LogP contribution in [0.5, 0.6) is 0 Å². The highest BCUT2D eigenvalue weighted by atomic mass is 32.1. The van der Waals surface area contributed by atoms with E-state index in [0.717, 1.165) is 0 Å². The summed E-state index contributed by atoms with van der Waals surface area (Å²) in [5, 5.41) is 10.8. The largest absolute Gasteiger partial charge is 0.481 e. The summed E-state index contributed by atoms with van der Waals surface area (Å²) >= 11 is 1.22. The molecule has 6 nitrogen and oxygen atoms in total. The van der Waals surface area contributed by atoms with E-state index in [4.69, 9.17) is 10.8 Å². The standard InChI is InChI=1S/C10H13N3O3S/c1-5(9(15)16)6-2-13(3-6)8(14)7-4-17-10(11)12-7/h4-6H,2-3H2,1H3,(H2,11,12)(H,15,16). The number of nitrogen functional groups attached to an aromatic ring is 1. The second-order valence-electron chi connectivity index (χ2n) is 4.17. The molecule has 3 N–H and O–H groups in total. The molecule has 1 fully saturated rings. The van der Waals surface area contributed by atoms with Gasteiger partial charge in [-0.05, 0) is 0 Å². The summed E-state index contributed by atoms with van der Waals surface area (Å²) in [6.45, 7) is 2.61. The van der Waals surface area contributed by atoms with Gasteiger partial charge in [0.1, 0.15) is 5.69 Å². The number of nitrogens with zero attached hydrogens (tertiary/aromatic N) is 2. The average Bonchev–Trinajstić information content (AvgIpc) is 2.62. The maximum absolute atomic E-state index is 11.8. The molecular formula is C10H13N3O3S. The van der Waals surface area contributed by atoms with Crippen molar-refractivity contribution in [3.05, 3.63) is 11.1 Å². The minimum absolute atomic E-state index is 0.0347. The van der Waals surface area contributed by atoms with Crippen LogP contribution in [0.4, 0.5) is 5.13 Å². The molecule has 0 aliphatic carbocycles. The van der Waals surface area contributed by atoms with Gasteiger partial charge in [0.15, 0.2) is 5.13 Å². The Kier molecular flexibility index (Phi) is 3.01. The second kappa shape index (κ2) is 4.33. The minimum Gasteiger partial charge on any atom is -0.481 e. The van der Waals surface area contributed by atoms with Crippen molar-refractivity contribution in [3.8, 4) is 0 Å². The van der Waals surface area contributed by atoms with Crippen molar-refractivity contribution in [2.24, 2.45) is 11.8 Å². The van der Waals surface area contributed by atoms with E-state index in [2.05, 4.69) is 4.98 Å². The lowest BCUT2D eigenvalue weighted by Gasteiger charge is -2.40. The minimum atomic E-state index is -0.819. The first-order valence-corrected chi connectivity index (χ1v) is 6.10. The highest BCUT2D eigenvalue weighted by Crippen LogP contribution is 2.26. The van der Waals surface area contributed by atoms with Crippen molar-refractivity contribution in [2.45, 2.75) is 6.92 Å². The monoisotopic (exact) mass is 255 g/mol. The Labute approximate surface area is 102 Å². The highest BCUT2D eigenvalue weighted by Gasteiger charge is 2.37. The highest BCUT2D eigenvalue weighted by molar-refractivity contribution is 7.13. The Morgan fingerprint density at radius 2 is 2.29 bits per heavy atom. The average molecular weight is 255 g/mol. The second-order valence-corrected chi connectivity index (χ2v) is 5.06. The number of hydrogen-bond acceptors (Lipinski definition) is 5. The maximum Gasteiger partial charge on any atom is 0.306 e. The van der Waals surface area contributed by atoms with Crippen LogP contribution in [0.15, 0.2) is 5.38 Å². The third-order valence-electron chi connectivity index (χ3n) is 3.03. The summed E-state index contributed by atoms with van der Waals surface area (Å²) in [5.41, 5.74) is 5.79. The van der Waals surface area contributed by atoms with Crippen LogP contribution >= 0.6 is 11.3 Å². The predicted molar refractivity (Wildman–Crippen MR) is 62.7 cm³/mol. The third kappa shape index (κ3) is 2.23. The molecule has 1 aliphatic rings. The van der Waals surface area contributed by atoms with Gasteiger partial charge in [-0.2, -0.15) is 0 Å². The van der Waals surface area contributed by atoms with Crippen molar-refractivity contribution in [1.82, 2.24) is 9.88 Å². The summed E-state index contributed by atoms with van der Waals surface area (Å²) < 4.78 is 0. The fourth-order valence-corrected chi connectivity index (χ4v) is 2.28. The van der Waals surface area contributed by atoms with Crippen LogP contribution in [0.1, 0.15) is 17.4 Å². The summed E-state index contributed by atoms with van der Waals surface area (Å²) in [5.74, 6) is -1.38. The SMILES string of the molecule is CC(C(=O)O)C1CN(C(=O)c2csc(N)n2)C1. The Morgan fingerprint density at radius 1 is 1.65 bits per heavy atom. The fraction of sp³-hybridized carbons (Fsp3) is 0.500. The first kappa shape index (κ1) is 11.8. The summed E-state index contributed by atoms with van der Waals surface area (Å²) in [6, 6.07) is 0. The lowest BCUT2D eigenvalue weighted by Crippen LogP contribution is -2.53. The van der Waals surface area contributed by atoms with Crippen LogP contribution in [0, 0.1) is 11.8 Å². The molecule has 2 heterocycles. The number of likely N-dealkylation sites (tertiary alicyclic amines) is 1. The molecule has 1 saturated heterocycles. The number of carbonyl (C=O) groups is 2. The van der Waals surface area contributed by atoms with E-state index in [9.17, 15) is 9.59 Å². The van der Waals surface area contributed by atoms with Crippen LogP contribution in [-0.2, 0) is 4.79 Å². The quantitative estimate of drug-likeness (QED) is 0.820. The molecular weight excluding hydrogens is 242 g/mol. The third-order valence-corrected chi connectivity index (χ3v) is 3.71. The van der Waals surface area contributed by atoms with Gasteiger partial charge in [-0.15, -0.1) is 11.3 Å². The van der Waals surface area contributed by atoms with Gasteiger partial charge in [-0.25, -0.2) is 4.98 Å². The van der Waals surface area contributed by atoms with E-state index in [0.29, 0.717) is 23.9 Å². The number of carbonyl (C=O) groups excluding carboxylic acids is 1. The molecule has 7 heteroatoms. The molecule has 0 bridgehead atoms. The molecule has 1 aliphatic heterocycles. The van der Waals surface area contributed by atoms with Crippen LogP contribution < -0.4 is 5.73 Å². The van der Waals surface area contributed by atoms with Gasteiger partial charge in [0, 0.05) is 24.4 Å². The number of carboxylic acids is 1.